The molecule has 0 radical (unpaired) electrons. The Kier molecular flexibility index (Phi) is 12.9. The molecule has 0 spiro atoms. The number of rotatable bonds is 18. The Labute approximate surface area is 260 Å². The number of benzene rings is 2. The number of H-pyrrole nitrogens is 1. The molecule has 45 heavy (non-hydrogen) atoms. The zero-order valence-corrected chi connectivity index (χ0v) is 24.8. The van der Waals surface area contributed by atoms with E-state index in [0.717, 1.165) is 10.9 Å². The first kappa shape index (κ1) is 34.5. The van der Waals surface area contributed by atoms with Crippen LogP contribution >= 0.6 is 0 Å². The second kappa shape index (κ2) is 16.8. The number of carboxylic acid groups (broad SMARTS) is 1. The Balaban J connectivity index is 1.88. The summed E-state index contributed by atoms with van der Waals surface area (Å²) in [6.45, 7) is 0.371. The summed E-state index contributed by atoms with van der Waals surface area (Å²) in [5.74, 6) is -4.01. The quantitative estimate of drug-likeness (QED) is 0.0857. The normalized spacial score (nSPS) is 13.7. The molecule has 1 aromatic heterocycles. The van der Waals surface area contributed by atoms with E-state index in [4.69, 9.17) is 17.2 Å². The number of unbranched alkanes of at least 4 members (excludes halogenated alkanes) is 1. The van der Waals surface area contributed by atoms with Crippen LogP contribution in [0.4, 0.5) is 0 Å². The Morgan fingerprint density at radius 1 is 0.800 bits per heavy atom. The number of aromatic amines is 1. The van der Waals surface area contributed by atoms with Gasteiger partial charge in [0.2, 0.25) is 23.6 Å². The molecule has 1 heterocycles. The highest BCUT2D eigenvalue weighted by molar-refractivity contribution is 5.95. The van der Waals surface area contributed by atoms with Gasteiger partial charge in [-0.1, -0.05) is 30.3 Å². The zero-order valence-electron chi connectivity index (χ0n) is 24.8. The average Bonchev–Trinajstić information content (AvgIpc) is 3.42. The van der Waals surface area contributed by atoms with E-state index in [-0.39, 0.29) is 37.9 Å². The number of aromatic hydroxyl groups is 1. The number of carbonyl (C=O) groups is 5. The molecule has 4 unspecified atom stereocenters. The third-order valence-corrected chi connectivity index (χ3v) is 7.34. The Morgan fingerprint density at radius 3 is 2.07 bits per heavy atom. The van der Waals surface area contributed by atoms with E-state index in [1.807, 2.05) is 24.3 Å². The number of phenols is 1. The number of primary amides is 1. The van der Waals surface area contributed by atoms with Crippen molar-refractivity contribution in [2.75, 3.05) is 6.54 Å². The van der Waals surface area contributed by atoms with E-state index in [2.05, 4.69) is 20.9 Å². The van der Waals surface area contributed by atoms with E-state index >= 15 is 0 Å². The van der Waals surface area contributed by atoms with Crippen molar-refractivity contribution in [1.82, 2.24) is 20.9 Å². The molecule has 2 aromatic carbocycles. The minimum absolute atomic E-state index is 0.00353. The fourth-order valence-corrected chi connectivity index (χ4v) is 4.81. The maximum Gasteiger partial charge on any atom is 0.326 e. The second-order valence-electron chi connectivity index (χ2n) is 10.9. The van der Waals surface area contributed by atoms with Gasteiger partial charge < -0.3 is 48.3 Å². The van der Waals surface area contributed by atoms with Gasteiger partial charge in [-0.2, -0.15) is 0 Å². The Bertz CT molecular complexity index is 1470. The van der Waals surface area contributed by atoms with Crippen LogP contribution in [0.3, 0.4) is 0 Å². The lowest BCUT2D eigenvalue weighted by molar-refractivity contribution is -0.142. The van der Waals surface area contributed by atoms with Crippen molar-refractivity contribution in [3.8, 4) is 5.75 Å². The largest absolute Gasteiger partial charge is 0.508 e. The topological polar surface area (TPSA) is 256 Å². The van der Waals surface area contributed by atoms with Crippen LogP contribution in [0, 0.1) is 0 Å². The van der Waals surface area contributed by atoms with Crippen LogP contribution in [-0.4, -0.2) is 75.5 Å². The number of carboxylic acids is 1. The predicted molar refractivity (Wildman–Crippen MR) is 167 cm³/mol. The summed E-state index contributed by atoms with van der Waals surface area (Å²) in [5.41, 5.74) is 18.8. The van der Waals surface area contributed by atoms with Crippen molar-refractivity contribution in [3.63, 3.8) is 0 Å². The number of phenolic OH excluding ortho intramolecular Hbond substituents is 1. The highest BCUT2D eigenvalue weighted by Crippen LogP contribution is 2.20. The third-order valence-electron chi connectivity index (χ3n) is 7.34. The van der Waals surface area contributed by atoms with Gasteiger partial charge in [-0.05, 0) is 61.6 Å². The van der Waals surface area contributed by atoms with Crippen LogP contribution in [0.1, 0.15) is 43.2 Å². The van der Waals surface area contributed by atoms with Crippen LogP contribution in [0.5, 0.6) is 5.75 Å². The first-order valence-corrected chi connectivity index (χ1v) is 14.7. The number of fused-ring (bicyclic) bond motifs is 1. The lowest BCUT2D eigenvalue weighted by Crippen LogP contribution is -2.58. The van der Waals surface area contributed by atoms with Crippen molar-refractivity contribution in [3.05, 3.63) is 65.9 Å². The van der Waals surface area contributed by atoms with Gasteiger partial charge >= 0.3 is 5.97 Å². The van der Waals surface area contributed by atoms with E-state index in [1.165, 1.54) is 12.1 Å². The molecule has 12 N–H and O–H groups in total. The fraction of sp³-hybridized carbons (Fsp3) is 0.387. The highest BCUT2D eigenvalue weighted by Gasteiger charge is 2.31. The van der Waals surface area contributed by atoms with Gasteiger partial charge in [-0.15, -0.1) is 0 Å². The Morgan fingerprint density at radius 2 is 1.42 bits per heavy atom. The molecule has 242 valence electrons. The summed E-state index contributed by atoms with van der Waals surface area (Å²) in [7, 11) is 0. The monoisotopic (exact) mass is 623 g/mol. The van der Waals surface area contributed by atoms with Gasteiger partial charge in [-0.25, -0.2) is 4.79 Å². The molecule has 0 fully saturated rings. The van der Waals surface area contributed by atoms with Gasteiger partial charge in [0.05, 0.1) is 6.04 Å². The second-order valence-corrected chi connectivity index (χ2v) is 10.9. The molecule has 0 saturated carbocycles. The van der Waals surface area contributed by atoms with Crippen molar-refractivity contribution >= 4 is 40.5 Å². The first-order valence-electron chi connectivity index (χ1n) is 14.7. The lowest BCUT2D eigenvalue weighted by atomic mass is 10.0. The smallest absolute Gasteiger partial charge is 0.326 e. The molecular formula is C31H41N7O7. The molecule has 4 atom stereocenters. The van der Waals surface area contributed by atoms with Gasteiger partial charge in [0, 0.05) is 36.4 Å². The van der Waals surface area contributed by atoms with Crippen LogP contribution in [0.25, 0.3) is 10.9 Å². The summed E-state index contributed by atoms with van der Waals surface area (Å²) in [6.07, 6.45) is 2.72. The van der Waals surface area contributed by atoms with Crippen LogP contribution in [0.15, 0.2) is 54.7 Å². The molecule has 0 aliphatic carbocycles. The minimum atomic E-state index is -1.25. The predicted octanol–water partition coefficient (Wildman–Crippen LogP) is -0.0805. The molecule has 3 aromatic rings. The number of nitrogens with one attached hydrogen (secondary N) is 4. The van der Waals surface area contributed by atoms with Gasteiger partial charge in [0.15, 0.2) is 0 Å². The van der Waals surface area contributed by atoms with Crippen molar-refractivity contribution in [2.45, 2.75) is 69.1 Å². The molecule has 0 aliphatic rings. The summed E-state index contributed by atoms with van der Waals surface area (Å²) in [6, 6.07) is 8.59. The van der Waals surface area contributed by atoms with E-state index < -0.39 is 53.8 Å². The SMILES string of the molecule is NCCCCC(NC(=O)C(Cc1ccc(O)cc1)NC(=O)C(Cc1c[nH]c2ccccc12)NC(=O)C(N)CCC(N)=O)C(=O)O. The van der Waals surface area contributed by atoms with Crippen molar-refractivity contribution < 1.29 is 34.2 Å². The van der Waals surface area contributed by atoms with Gasteiger partial charge in [0.1, 0.15) is 23.9 Å². The van der Waals surface area contributed by atoms with Gasteiger partial charge in [-0.3, -0.25) is 19.2 Å². The molecule has 14 nitrogen and oxygen atoms in total. The third kappa shape index (κ3) is 10.6. The van der Waals surface area contributed by atoms with Crippen LogP contribution < -0.4 is 33.2 Å². The van der Waals surface area contributed by atoms with E-state index in [1.54, 1.807) is 18.3 Å². The molecule has 0 saturated heterocycles. The molecule has 4 amide bonds. The summed E-state index contributed by atoms with van der Waals surface area (Å²) < 4.78 is 0. The van der Waals surface area contributed by atoms with Crippen molar-refractivity contribution in [1.29, 1.82) is 0 Å². The number of para-hydroxylation sites is 1. The molecule has 14 heteroatoms. The lowest BCUT2D eigenvalue weighted by Gasteiger charge is -2.25. The maximum atomic E-state index is 13.8. The summed E-state index contributed by atoms with van der Waals surface area (Å²) >= 11 is 0. The number of hydrogen-bond donors (Lipinski definition) is 9. The summed E-state index contributed by atoms with van der Waals surface area (Å²) in [4.78, 5) is 66.5. The molecule has 0 aliphatic heterocycles. The van der Waals surface area contributed by atoms with Crippen molar-refractivity contribution in [2.24, 2.45) is 17.2 Å². The average molecular weight is 624 g/mol. The minimum Gasteiger partial charge on any atom is -0.508 e. The highest BCUT2D eigenvalue weighted by atomic mass is 16.4. The first-order chi connectivity index (χ1) is 21.5. The fourth-order valence-electron chi connectivity index (χ4n) is 4.81. The summed E-state index contributed by atoms with van der Waals surface area (Å²) in [5, 5.41) is 28.0. The number of carbonyl (C=O) groups excluding carboxylic acids is 4. The van der Waals surface area contributed by atoms with E-state index in [9.17, 15) is 34.2 Å². The molecule has 0 bridgehead atoms. The number of aliphatic carboxylic acids is 1. The maximum absolute atomic E-state index is 13.8. The van der Waals surface area contributed by atoms with Gasteiger partial charge in [0.25, 0.3) is 0 Å². The standard InChI is InChI=1S/C31H41N7O7/c32-14-4-3-7-24(31(44)45)36-29(42)25(15-18-8-10-20(39)11-9-18)38-30(43)26(37-28(41)22(33)12-13-27(34)40)16-19-17-35-23-6-2-1-5-21(19)23/h1-2,5-6,8-11,17,22,24-26,35,39H,3-4,7,12-16,32-33H2,(H2,34,40)(H,36,42)(H,37,41)(H,38,43)(H,44,45). The molecular weight excluding hydrogens is 582 g/mol. The Hall–Kier alpha value is -4.95. The van der Waals surface area contributed by atoms with Crippen LogP contribution in [-0.2, 0) is 36.8 Å². The number of aromatic nitrogens is 1. The number of nitrogens with two attached hydrogens (primary N) is 3. The zero-order chi connectivity index (χ0) is 32.9. The molecule has 3 rings (SSSR count). The number of amides is 4. The van der Waals surface area contributed by atoms with E-state index in [0.29, 0.717) is 30.5 Å². The number of hydrogen-bond acceptors (Lipinski definition) is 8. The van der Waals surface area contributed by atoms with Crippen LogP contribution in [0.2, 0.25) is 0 Å².